The van der Waals surface area contributed by atoms with E-state index in [0.29, 0.717) is 28.8 Å². The lowest BCUT2D eigenvalue weighted by atomic mass is 9.93. The number of nitrogens with zero attached hydrogens (tertiary/aromatic N) is 4. The molecule has 7 N–H and O–H groups in total. The van der Waals surface area contributed by atoms with Crippen molar-refractivity contribution in [2.24, 2.45) is 33.6 Å². The molecule has 0 spiro atoms. The molecule has 40 heavy (non-hydrogen) atoms. The lowest BCUT2D eigenvalue weighted by Gasteiger charge is -2.32. The highest BCUT2D eigenvalue weighted by atomic mass is 32.1. The Hall–Kier alpha value is -3.21. The Morgan fingerprint density at radius 3 is 2.52 bits per heavy atom. The van der Waals surface area contributed by atoms with Crippen LogP contribution < -0.4 is 22.3 Å². The molecule has 1 aliphatic rings. The van der Waals surface area contributed by atoms with Gasteiger partial charge in [-0.25, -0.2) is 10.8 Å². The quantitative estimate of drug-likeness (QED) is 0.106. The number of aliphatic hydroxyl groups excluding tert-OH is 1. The molecule has 0 atom stereocenters. The van der Waals surface area contributed by atoms with Gasteiger partial charge in [0.1, 0.15) is 11.6 Å². The summed E-state index contributed by atoms with van der Waals surface area (Å²) in [5.74, 6) is 6.92. The minimum atomic E-state index is -0.538. The van der Waals surface area contributed by atoms with Crippen LogP contribution in [0.25, 0.3) is 5.70 Å². The van der Waals surface area contributed by atoms with Crippen LogP contribution in [0.2, 0.25) is 0 Å². The zero-order valence-electron chi connectivity index (χ0n) is 23.9. The van der Waals surface area contributed by atoms with Gasteiger partial charge >= 0.3 is 0 Å². The molecule has 1 aromatic carbocycles. The molecular weight excluding hydrogens is 522 g/mol. The molecule has 3 rings (SSSR count). The van der Waals surface area contributed by atoms with Crippen molar-refractivity contribution >= 4 is 34.5 Å². The van der Waals surface area contributed by atoms with Crippen molar-refractivity contribution in [3.63, 3.8) is 0 Å². The molecule has 1 saturated heterocycles. The Balaban J connectivity index is 0.00000560. The van der Waals surface area contributed by atoms with Crippen molar-refractivity contribution in [2.45, 2.75) is 67.7 Å². The second-order valence-corrected chi connectivity index (χ2v) is 12.7. The number of anilines is 1. The van der Waals surface area contributed by atoms with Gasteiger partial charge in [0.05, 0.1) is 21.3 Å². The van der Waals surface area contributed by atoms with Gasteiger partial charge in [0.25, 0.3) is 5.91 Å². The first kappa shape index (κ1) is 33.0. The fraction of sp³-hybridized carbons (Fsp3) is 0.500. The van der Waals surface area contributed by atoms with Gasteiger partial charge in [-0.05, 0) is 56.5 Å². The Labute approximate surface area is 243 Å². The number of hydrogen-bond donors (Lipinski definition) is 4. The van der Waals surface area contributed by atoms with Crippen LogP contribution in [0.15, 0.2) is 47.4 Å². The summed E-state index contributed by atoms with van der Waals surface area (Å²) in [6, 6.07) is 5.10. The van der Waals surface area contributed by atoms with E-state index < -0.39 is 11.3 Å². The lowest BCUT2D eigenvalue weighted by molar-refractivity contribution is 0.100. The first-order valence-corrected chi connectivity index (χ1v) is 14.2. The van der Waals surface area contributed by atoms with Gasteiger partial charge in [-0.3, -0.25) is 9.80 Å². The number of aryl methyl sites for hydroxylation is 1. The molecule has 0 saturated carbocycles. The second kappa shape index (κ2) is 13.9. The Morgan fingerprint density at radius 2 is 1.93 bits per heavy atom. The summed E-state index contributed by atoms with van der Waals surface area (Å²) in [5, 5.41) is 12.6. The fourth-order valence-electron chi connectivity index (χ4n) is 4.36. The summed E-state index contributed by atoms with van der Waals surface area (Å²) >= 11 is 1.61. The average Bonchev–Trinajstić information content (AvgIpc) is 3.34. The van der Waals surface area contributed by atoms with Crippen molar-refractivity contribution < 1.29 is 9.90 Å². The standard InChI is InChI=1S/C29H43N7O2S.CH4/c1-18(2)16-35-11-9-20(10-12-35)28-33-15-24(39-28)22(30)17-36(32)23-13-21(8-7-19(23)3)27(38)34-26(31)14-25(37)29(4,5)6;/h7-8,13-15,17-18,20,37H,9-12,16,30,32H2,1-6H3,(H2,31,34,38);1H4/b22-17-,25-14-;. The average molecular weight is 570 g/mol. The predicted octanol–water partition coefficient (Wildman–Crippen LogP) is 5.55. The van der Waals surface area contributed by atoms with Gasteiger partial charge in [-0.15, -0.1) is 11.3 Å². The predicted molar refractivity (Wildman–Crippen MR) is 168 cm³/mol. The van der Waals surface area contributed by atoms with E-state index >= 15 is 0 Å². The van der Waals surface area contributed by atoms with Crippen LogP contribution in [-0.4, -0.2) is 46.4 Å². The van der Waals surface area contributed by atoms with E-state index in [4.69, 9.17) is 17.3 Å². The maximum Gasteiger partial charge on any atom is 0.279 e. The van der Waals surface area contributed by atoms with E-state index in [1.54, 1.807) is 35.7 Å². The highest BCUT2D eigenvalue weighted by Gasteiger charge is 2.24. The van der Waals surface area contributed by atoms with E-state index in [-0.39, 0.29) is 19.0 Å². The van der Waals surface area contributed by atoms with Crippen LogP contribution in [0.1, 0.15) is 86.6 Å². The lowest BCUT2D eigenvalue weighted by Crippen LogP contribution is -2.35. The number of hydrazine groups is 1. The number of piperidine rings is 1. The molecule has 0 bridgehead atoms. The number of benzene rings is 1. The van der Waals surface area contributed by atoms with Gasteiger partial charge in [0, 0.05) is 41.9 Å². The van der Waals surface area contributed by atoms with E-state index in [9.17, 15) is 9.90 Å². The van der Waals surface area contributed by atoms with Gasteiger partial charge in [0.2, 0.25) is 0 Å². The smallest absolute Gasteiger partial charge is 0.279 e. The van der Waals surface area contributed by atoms with Crippen molar-refractivity contribution in [1.82, 2.24) is 9.88 Å². The molecule has 10 heteroatoms. The first-order valence-electron chi connectivity index (χ1n) is 13.3. The highest BCUT2D eigenvalue weighted by molar-refractivity contribution is 7.12. The molecule has 9 nitrogen and oxygen atoms in total. The number of amidine groups is 1. The van der Waals surface area contributed by atoms with Gasteiger partial charge in [0.15, 0.2) is 0 Å². The van der Waals surface area contributed by atoms with Gasteiger partial charge < -0.3 is 21.5 Å². The number of thiazole rings is 1. The SMILES string of the molecule is C.Cc1ccc(C(=O)N=C(N)/C=C(\O)C(C)(C)C)cc1N(N)/C=C(\N)c1cnc(C2CCN(CC(C)C)CC2)s1. The number of carbonyl (C=O) groups is 1. The Kier molecular flexibility index (Phi) is 11.5. The summed E-state index contributed by atoms with van der Waals surface area (Å²) < 4.78 is 0. The minimum absolute atomic E-state index is 0. The normalized spacial score (nSPS) is 16.2. The fourth-order valence-corrected chi connectivity index (χ4v) is 5.37. The number of aromatic nitrogens is 1. The van der Waals surface area contributed by atoms with Crippen molar-refractivity contribution in [3.8, 4) is 0 Å². The maximum atomic E-state index is 12.8. The van der Waals surface area contributed by atoms with Crippen LogP contribution in [0.3, 0.4) is 0 Å². The van der Waals surface area contributed by atoms with E-state index in [1.807, 2.05) is 33.9 Å². The molecule has 1 aliphatic heterocycles. The summed E-state index contributed by atoms with van der Waals surface area (Å²) in [4.78, 5) is 24.7. The number of allylic oxidation sites excluding steroid dienone is 1. The van der Waals surface area contributed by atoms with Crippen LogP contribution >= 0.6 is 11.3 Å². The minimum Gasteiger partial charge on any atom is -0.512 e. The number of nitrogens with two attached hydrogens (primary N) is 3. The molecule has 0 aliphatic carbocycles. The number of hydrogen-bond acceptors (Lipinski definition) is 8. The number of likely N-dealkylation sites (tertiary alicyclic amines) is 1. The Morgan fingerprint density at radius 1 is 1.27 bits per heavy atom. The van der Waals surface area contributed by atoms with Crippen LogP contribution in [0.4, 0.5) is 5.69 Å². The summed E-state index contributed by atoms with van der Waals surface area (Å²) in [5.41, 5.74) is 14.1. The maximum absolute atomic E-state index is 12.8. The van der Waals surface area contributed by atoms with E-state index in [1.165, 1.54) is 11.1 Å². The molecule has 2 aromatic rings. The van der Waals surface area contributed by atoms with Crippen molar-refractivity contribution in [1.29, 1.82) is 0 Å². The van der Waals surface area contributed by atoms with Crippen LogP contribution in [0.5, 0.6) is 0 Å². The summed E-state index contributed by atoms with van der Waals surface area (Å²) in [6.45, 7) is 15.2. The molecule has 0 unspecified atom stereocenters. The topological polar surface area (TPSA) is 147 Å². The molecule has 0 radical (unpaired) electrons. The molecular formula is C30H47N7O2S. The molecule has 1 fully saturated rings. The number of aliphatic imine (C=N–C) groups is 1. The highest BCUT2D eigenvalue weighted by Crippen LogP contribution is 2.33. The molecule has 1 amide bonds. The van der Waals surface area contributed by atoms with E-state index in [2.05, 4.69) is 28.7 Å². The Bertz CT molecular complexity index is 1250. The number of amides is 1. The number of aliphatic hydroxyl groups is 1. The monoisotopic (exact) mass is 569 g/mol. The van der Waals surface area contributed by atoms with Gasteiger partial charge in [-0.1, -0.05) is 48.1 Å². The third-order valence-corrected chi connectivity index (χ3v) is 7.87. The number of carbonyl (C=O) groups excluding carboxylic acids is 1. The molecule has 2 heterocycles. The first-order chi connectivity index (χ1) is 18.2. The molecule has 1 aromatic heterocycles. The zero-order chi connectivity index (χ0) is 28.9. The van der Waals surface area contributed by atoms with Gasteiger partial charge in [-0.2, -0.15) is 4.99 Å². The largest absolute Gasteiger partial charge is 0.512 e. The van der Waals surface area contributed by atoms with E-state index in [0.717, 1.165) is 47.9 Å². The van der Waals surface area contributed by atoms with Crippen molar-refractivity contribution in [2.75, 3.05) is 24.6 Å². The summed E-state index contributed by atoms with van der Waals surface area (Å²) in [6.07, 6.45) is 6.95. The number of rotatable bonds is 8. The third kappa shape index (κ3) is 8.90. The third-order valence-electron chi connectivity index (χ3n) is 6.66. The molecule has 220 valence electrons. The van der Waals surface area contributed by atoms with Crippen molar-refractivity contribution in [3.05, 3.63) is 63.4 Å². The second-order valence-electron chi connectivity index (χ2n) is 11.6. The summed E-state index contributed by atoms with van der Waals surface area (Å²) in [7, 11) is 0. The van der Waals surface area contributed by atoms with Crippen LogP contribution in [0, 0.1) is 18.3 Å². The zero-order valence-corrected chi connectivity index (χ0v) is 24.8. The van der Waals surface area contributed by atoms with Crippen LogP contribution in [-0.2, 0) is 0 Å².